The molecule has 17 heavy (non-hydrogen) atoms. The van der Waals surface area contributed by atoms with Crippen LogP contribution < -0.4 is 0 Å². The van der Waals surface area contributed by atoms with Crippen LogP contribution in [-0.2, 0) is 14.3 Å². The van der Waals surface area contributed by atoms with E-state index in [9.17, 15) is 4.79 Å². The minimum atomic E-state index is -0.377. The van der Waals surface area contributed by atoms with Gasteiger partial charge in [0.1, 0.15) is 5.76 Å². The molecule has 98 valence electrons. The first kappa shape index (κ1) is 18.3. The van der Waals surface area contributed by atoms with Gasteiger partial charge in [-0.2, -0.15) is 0 Å². The summed E-state index contributed by atoms with van der Waals surface area (Å²) in [4.78, 5) is 11.4. The second kappa shape index (κ2) is 10.1. The van der Waals surface area contributed by atoms with E-state index in [1.807, 2.05) is 26.8 Å². The summed E-state index contributed by atoms with van der Waals surface area (Å²) in [5.41, 5.74) is 1.40. The van der Waals surface area contributed by atoms with Crippen LogP contribution in [0.5, 0.6) is 0 Å². The average Bonchev–Trinajstić information content (AvgIpc) is 2.35. The fourth-order valence-corrected chi connectivity index (χ4v) is 1.55. The summed E-state index contributed by atoms with van der Waals surface area (Å²) >= 11 is 3.36. The largest absolute Gasteiger partial charge is 0.496 e. The van der Waals surface area contributed by atoms with Crippen molar-refractivity contribution in [3.05, 3.63) is 36.1 Å². The number of esters is 1. The Morgan fingerprint density at radius 1 is 1.29 bits per heavy atom. The third-order valence-electron chi connectivity index (χ3n) is 2.04. The molecule has 0 saturated heterocycles. The topological polar surface area (TPSA) is 35.5 Å². The number of halogens is 1. The van der Waals surface area contributed by atoms with Gasteiger partial charge in [-0.15, -0.1) is 13.2 Å². The Hall–Kier alpha value is -1.03. The van der Waals surface area contributed by atoms with E-state index < -0.39 is 0 Å². The van der Waals surface area contributed by atoms with Crippen LogP contribution >= 0.6 is 15.9 Å². The smallest absolute Gasteiger partial charge is 0.338 e. The van der Waals surface area contributed by atoms with Crippen LogP contribution in [-0.4, -0.2) is 25.0 Å². The molecular formula is C13H21BrO3. The van der Waals surface area contributed by atoms with Crippen molar-refractivity contribution < 1.29 is 14.3 Å². The predicted molar refractivity (Wildman–Crippen MR) is 75.1 cm³/mol. The lowest BCUT2D eigenvalue weighted by molar-refractivity contribution is -0.136. The van der Waals surface area contributed by atoms with E-state index in [0.717, 1.165) is 5.57 Å². The van der Waals surface area contributed by atoms with Crippen molar-refractivity contribution in [1.29, 1.82) is 0 Å². The van der Waals surface area contributed by atoms with Crippen LogP contribution in [0.3, 0.4) is 0 Å². The highest BCUT2D eigenvalue weighted by atomic mass is 79.9. The molecule has 0 amide bonds. The maximum absolute atomic E-state index is 11.6. The third-order valence-corrected chi connectivity index (χ3v) is 2.50. The van der Waals surface area contributed by atoms with Gasteiger partial charge in [-0.05, 0) is 26.3 Å². The zero-order valence-corrected chi connectivity index (χ0v) is 12.8. The van der Waals surface area contributed by atoms with Crippen molar-refractivity contribution >= 4 is 21.9 Å². The summed E-state index contributed by atoms with van der Waals surface area (Å²) in [6.45, 7) is 11.6. The average molecular weight is 305 g/mol. The van der Waals surface area contributed by atoms with Crippen LogP contribution in [0.15, 0.2) is 36.1 Å². The highest BCUT2D eigenvalue weighted by Crippen LogP contribution is 2.23. The van der Waals surface area contributed by atoms with Gasteiger partial charge in [0.05, 0.1) is 19.8 Å². The molecule has 0 aliphatic heterocycles. The van der Waals surface area contributed by atoms with Crippen molar-refractivity contribution in [2.45, 2.75) is 25.6 Å². The molecule has 0 radical (unpaired) electrons. The first-order chi connectivity index (χ1) is 7.99. The van der Waals surface area contributed by atoms with Gasteiger partial charge in [0.2, 0.25) is 0 Å². The van der Waals surface area contributed by atoms with Gasteiger partial charge in [-0.25, -0.2) is 4.79 Å². The van der Waals surface area contributed by atoms with Crippen LogP contribution in [0.2, 0.25) is 0 Å². The number of carbonyl (C=O) groups excluding carboxylic acids is 1. The molecule has 0 spiro atoms. The van der Waals surface area contributed by atoms with E-state index in [1.165, 1.54) is 7.11 Å². The minimum Gasteiger partial charge on any atom is -0.496 e. The number of hydrogen-bond acceptors (Lipinski definition) is 3. The molecule has 0 aromatic heterocycles. The van der Waals surface area contributed by atoms with Crippen LogP contribution in [0.4, 0.5) is 0 Å². The van der Waals surface area contributed by atoms with Crippen molar-refractivity contribution in [2.75, 3.05) is 14.2 Å². The molecule has 0 rings (SSSR count). The Morgan fingerprint density at radius 2 is 1.76 bits per heavy atom. The summed E-state index contributed by atoms with van der Waals surface area (Å²) in [6, 6.07) is 0. The van der Waals surface area contributed by atoms with Gasteiger partial charge in [0, 0.05) is 4.83 Å². The summed E-state index contributed by atoms with van der Waals surface area (Å²) in [6.07, 6.45) is 1.89. The number of alkyl halides is 1. The minimum absolute atomic E-state index is 0.116. The van der Waals surface area contributed by atoms with Crippen LogP contribution in [0.1, 0.15) is 20.8 Å². The summed E-state index contributed by atoms with van der Waals surface area (Å²) < 4.78 is 9.95. The zero-order valence-electron chi connectivity index (χ0n) is 11.2. The van der Waals surface area contributed by atoms with E-state index in [-0.39, 0.29) is 10.8 Å². The second-order valence-corrected chi connectivity index (χ2v) is 4.40. The lowest BCUT2D eigenvalue weighted by Gasteiger charge is -2.14. The lowest BCUT2D eigenvalue weighted by Crippen LogP contribution is -2.16. The van der Waals surface area contributed by atoms with E-state index in [2.05, 4.69) is 29.1 Å². The number of allylic oxidation sites excluding steroid dienone is 2. The van der Waals surface area contributed by atoms with Crippen LogP contribution in [0.25, 0.3) is 0 Å². The molecule has 1 atom stereocenters. The standard InChI is InChI=1S/C11H17BrO3.C2H4/c1-6-7(2)10(14-4)9(8(3)12)11(13)15-5;1-2/h6,8H,1-5H3;1-2H2/b7-6-,10-9-;. The maximum Gasteiger partial charge on any atom is 0.338 e. The molecule has 0 aliphatic rings. The Morgan fingerprint density at radius 3 is 2.00 bits per heavy atom. The number of carbonyl (C=O) groups is 1. The van der Waals surface area contributed by atoms with Gasteiger partial charge in [-0.1, -0.05) is 22.0 Å². The van der Waals surface area contributed by atoms with Gasteiger partial charge in [0.25, 0.3) is 0 Å². The molecule has 0 bridgehead atoms. The van der Waals surface area contributed by atoms with E-state index in [1.54, 1.807) is 7.11 Å². The SMILES string of the molecule is C/C=C(C)\C(OC)=C(\C(=O)OC)C(C)Br.C=C. The van der Waals surface area contributed by atoms with Gasteiger partial charge >= 0.3 is 5.97 Å². The molecule has 0 aromatic carbocycles. The fraction of sp³-hybridized carbons (Fsp3) is 0.462. The molecule has 3 nitrogen and oxygen atoms in total. The van der Waals surface area contributed by atoms with Crippen LogP contribution in [0, 0.1) is 0 Å². The molecule has 0 aromatic rings. The molecule has 0 aliphatic carbocycles. The van der Waals surface area contributed by atoms with E-state index in [4.69, 9.17) is 9.47 Å². The normalized spacial score (nSPS) is 13.9. The van der Waals surface area contributed by atoms with Crippen molar-refractivity contribution in [2.24, 2.45) is 0 Å². The number of rotatable bonds is 4. The third kappa shape index (κ3) is 5.73. The van der Waals surface area contributed by atoms with Gasteiger partial charge in [-0.3, -0.25) is 0 Å². The second-order valence-electron chi connectivity index (χ2n) is 3.03. The highest BCUT2D eigenvalue weighted by Gasteiger charge is 2.22. The Bertz CT molecular complexity index is 304. The molecule has 4 heteroatoms. The first-order valence-electron chi connectivity index (χ1n) is 5.13. The van der Waals surface area contributed by atoms with E-state index >= 15 is 0 Å². The Labute approximate surface area is 112 Å². The molecule has 1 unspecified atom stereocenters. The fourth-order valence-electron chi connectivity index (χ4n) is 1.16. The van der Waals surface area contributed by atoms with E-state index in [0.29, 0.717) is 11.3 Å². The highest BCUT2D eigenvalue weighted by molar-refractivity contribution is 9.09. The van der Waals surface area contributed by atoms with Gasteiger partial charge < -0.3 is 9.47 Å². The quantitative estimate of drug-likeness (QED) is 0.199. The number of hydrogen-bond donors (Lipinski definition) is 0. The zero-order chi connectivity index (χ0) is 14.0. The Balaban J connectivity index is 0. The first-order valence-corrected chi connectivity index (χ1v) is 6.04. The molecule has 0 heterocycles. The molecule has 0 fully saturated rings. The molecular weight excluding hydrogens is 284 g/mol. The monoisotopic (exact) mass is 304 g/mol. The summed E-state index contributed by atoms with van der Waals surface area (Å²) in [5, 5.41) is 0. The van der Waals surface area contributed by atoms with Gasteiger partial charge in [0.15, 0.2) is 0 Å². The molecule has 0 saturated carbocycles. The molecule has 0 N–H and O–H groups in total. The maximum atomic E-state index is 11.6. The number of ether oxygens (including phenoxy) is 2. The van der Waals surface area contributed by atoms with Crippen molar-refractivity contribution in [3.63, 3.8) is 0 Å². The number of methoxy groups -OCH3 is 2. The summed E-state index contributed by atoms with van der Waals surface area (Å²) in [7, 11) is 2.90. The van der Waals surface area contributed by atoms with Crippen molar-refractivity contribution in [1.82, 2.24) is 0 Å². The lowest BCUT2D eigenvalue weighted by atomic mass is 10.1. The summed E-state index contributed by atoms with van der Waals surface area (Å²) in [5.74, 6) is 0.186. The predicted octanol–water partition coefficient (Wildman–Crippen LogP) is 3.61. The van der Waals surface area contributed by atoms with Crippen molar-refractivity contribution in [3.8, 4) is 0 Å². The Kier molecular flexibility index (Phi) is 10.9.